The summed E-state index contributed by atoms with van der Waals surface area (Å²) in [4.78, 5) is 12.8. The van der Waals surface area contributed by atoms with Crippen LogP contribution in [0, 0.1) is 19.8 Å². The second kappa shape index (κ2) is 9.41. The third kappa shape index (κ3) is 5.16. The molecule has 7 heteroatoms. The summed E-state index contributed by atoms with van der Waals surface area (Å²) in [6.07, 6.45) is 1.35. The van der Waals surface area contributed by atoms with E-state index < -0.39 is 10.0 Å². The van der Waals surface area contributed by atoms with Gasteiger partial charge in [0.15, 0.2) is 0 Å². The third-order valence-electron chi connectivity index (χ3n) is 5.35. The van der Waals surface area contributed by atoms with Gasteiger partial charge in [0.2, 0.25) is 15.9 Å². The maximum atomic E-state index is 12.8. The third-order valence-corrected chi connectivity index (χ3v) is 7.23. The maximum Gasteiger partial charge on any atom is 0.243 e. The van der Waals surface area contributed by atoms with Crippen molar-refractivity contribution < 1.29 is 17.9 Å². The van der Waals surface area contributed by atoms with Crippen molar-refractivity contribution in [1.29, 1.82) is 0 Å². The van der Waals surface area contributed by atoms with Crippen molar-refractivity contribution in [3.8, 4) is 5.75 Å². The lowest BCUT2D eigenvalue weighted by atomic mass is 9.99. The van der Waals surface area contributed by atoms with E-state index in [0.29, 0.717) is 32.5 Å². The number of benzene rings is 2. The molecule has 0 radical (unpaired) electrons. The van der Waals surface area contributed by atoms with Crippen molar-refractivity contribution in [1.82, 2.24) is 9.62 Å². The number of nitrogens with one attached hydrogen (secondary N) is 1. The first-order chi connectivity index (χ1) is 13.9. The number of carbonyl (C=O) groups excluding carboxylic acids is 1. The van der Waals surface area contributed by atoms with Crippen LogP contribution in [0.25, 0.3) is 0 Å². The molecule has 156 valence electrons. The molecule has 0 aromatic heterocycles. The molecule has 0 unspecified atom stereocenters. The minimum absolute atomic E-state index is 0.123. The van der Waals surface area contributed by atoms with Gasteiger partial charge >= 0.3 is 0 Å². The van der Waals surface area contributed by atoms with Crippen LogP contribution in [0.4, 0.5) is 0 Å². The van der Waals surface area contributed by atoms with Gasteiger partial charge in [-0.05, 0) is 56.0 Å². The number of amides is 1. The smallest absolute Gasteiger partial charge is 0.243 e. The minimum atomic E-state index is -3.57. The first-order valence-corrected chi connectivity index (χ1v) is 11.4. The van der Waals surface area contributed by atoms with E-state index in [9.17, 15) is 13.2 Å². The zero-order chi connectivity index (χ0) is 20.9. The van der Waals surface area contributed by atoms with Gasteiger partial charge in [0, 0.05) is 13.1 Å². The molecule has 1 N–H and O–H groups in total. The van der Waals surface area contributed by atoms with E-state index >= 15 is 0 Å². The van der Waals surface area contributed by atoms with Crippen LogP contribution in [0.15, 0.2) is 53.4 Å². The highest BCUT2D eigenvalue weighted by atomic mass is 32.2. The van der Waals surface area contributed by atoms with Crippen LogP contribution < -0.4 is 10.1 Å². The Morgan fingerprint density at radius 1 is 1.14 bits per heavy atom. The number of piperidine rings is 1. The molecule has 1 aliphatic rings. The highest BCUT2D eigenvalue weighted by molar-refractivity contribution is 7.89. The quantitative estimate of drug-likeness (QED) is 0.704. The normalized spacial score (nSPS) is 17.7. The molecule has 2 aromatic rings. The average Bonchev–Trinajstić information content (AvgIpc) is 2.74. The number of aryl methyl sites for hydroxylation is 1. The van der Waals surface area contributed by atoms with E-state index in [1.807, 2.05) is 32.0 Å². The van der Waals surface area contributed by atoms with Crippen LogP contribution in [0.2, 0.25) is 0 Å². The van der Waals surface area contributed by atoms with Gasteiger partial charge < -0.3 is 10.1 Å². The van der Waals surface area contributed by atoms with E-state index in [0.717, 1.165) is 16.9 Å². The van der Waals surface area contributed by atoms with Crippen molar-refractivity contribution in [3.05, 3.63) is 59.7 Å². The molecule has 1 atom stereocenters. The summed E-state index contributed by atoms with van der Waals surface area (Å²) >= 11 is 0. The second-order valence-corrected chi connectivity index (χ2v) is 9.29. The van der Waals surface area contributed by atoms with Crippen LogP contribution in [0.5, 0.6) is 5.75 Å². The Balaban J connectivity index is 1.51. The van der Waals surface area contributed by atoms with Crippen LogP contribution in [-0.4, -0.2) is 44.9 Å². The molecular formula is C22H28N2O4S. The molecule has 1 amide bonds. The first-order valence-electron chi connectivity index (χ1n) is 9.91. The lowest BCUT2D eigenvalue weighted by Gasteiger charge is -2.31. The standard InChI is InChI=1S/C22H28N2O4S/c1-17-8-6-12-21(18(17)2)28-15-13-23-22(25)19-9-7-14-24(16-19)29(26,27)20-10-4-3-5-11-20/h3-6,8,10-12,19H,7,9,13-16H2,1-2H3,(H,23,25)/t19-/m1/s1. The molecule has 0 spiro atoms. The van der Waals surface area contributed by atoms with Crippen molar-refractivity contribution in [2.45, 2.75) is 31.6 Å². The fraction of sp³-hybridized carbons (Fsp3) is 0.409. The minimum Gasteiger partial charge on any atom is -0.491 e. The molecule has 1 fully saturated rings. The van der Waals surface area contributed by atoms with E-state index in [2.05, 4.69) is 5.32 Å². The van der Waals surface area contributed by atoms with Crippen molar-refractivity contribution in [3.63, 3.8) is 0 Å². The zero-order valence-corrected chi connectivity index (χ0v) is 17.7. The van der Waals surface area contributed by atoms with Gasteiger partial charge in [-0.25, -0.2) is 8.42 Å². The highest BCUT2D eigenvalue weighted by Crippen LogP contribution is 2.24. The maximum absolute atomic E-state index is 12.8. The number of sulfonamides is 1. The van der Waals surface area contributed by atoms with Gasteiger partial charge in [0.1, 0.15) is 12.4 Å². The summed E-state index contributed by atoms with van der Waals surface area (Å²) in [5.41, 5.74) is 2.25. The van der Waals surface area contributed by atoms with Crippen LogP contribution in [0.3, 0.4) is 0 Å². The SMILES string of the molecule is Cc1cccc(OCCNC(=O)[C@@H]2CCCN(S(=O)(=O)c3ccccc3)C2)c1C. The van der Waals surface area contributed by atoms with Crippen LogP contribution in [0.1, 0.15) is 24.0 Å². The average molecular weight is 417 g/mol. The summed E-state index contributed by atoms with van der Waals surface area (Å²) in [6.45, 7) is 5.44. The fourth-order valence-electron chi connectivity index (χ4n) is 3.48. The molecule has 3 rings (SSSR count). The fourth-order valence-corrected chi connectivity index (χ4v) is 5.02. The molecule has 1 aliphatic heterocycles. The van der Waals surface area contributed by atoms with Gasteiger partial charge in [-0.3, -0.25) is 4.79 Å². The zero-order valence-electron chi connectivity index (χ0n) is 16.9. The topological polar surface area (TPSA) is 75.7 Å². The van der Waals surface area contributed by atoms with Crippen molar-refractivity contribution in [2.24, 2.45) is 5.92 Å². The second-order valence-electron chi connectivity index (χ2n) is 7.35. The number of carbonyl (C=O) groups is 1. The number of hydrogen-bond acceptors (Lipinski definition) is 4. The van der Waals surface area contributed by atoms with Crippen molar-refractivity contribution in [2.75, 3.05) is 26.2 Å². The van der Waals surface area contributed by atoms with E-state index in [-0.39, 0.29) is 23.3 Å². The monoisotopic (exact) mass is 416 g/mol. The Kier molecular flexibility index (Phi) is 6.92. The summed E-state index contributed by atoms with van der Waals surface area (Å²) in [5, 5.41) is 2.88. The summed E-state index contributed by atoms with van der Waals surface area (Å²) in [7, 11) is -3.57. The summed E-state index contributed by atoms with van der Waals surface area (Å²) in [6, 6.07) is 14.3. The Labute approximate surface area is 172 Å². The molecule has 0 bridgehead atoms. The Bertz CT molecular complexity index is 945. The summed E-state index contributed by atoms with van der Waals surface area (Å²) in [5.74, 6) is 0.350. The van der Waals surface area contributed by atoms with Crippen molar-refractivity contribution >= 4 is 15.9 Å². The molecule has 0 aliphatic carbocycles. The molecule has 29 heavy (non-hydrogen) atoms. The molecule has 2 aromatic carbocycles. The predicted molar refractivity (Wildman–Crippen MR) is 112 cm³/mol. The van der Waals surface area contributed by atoms with Gasteiger partial charge in [-0.1, -0.05) is 30.3 Å². The number of hydrogen-bond donors (Lipinski definition) is 1. The summed E-state index contributed by atoms with van der Waals surface area (Å²) < 4.78 is 32.8. The van der Waals surface area contributed by atoms with Gasteiger partial charge in [0.05, 0.1) is 17.4 Å². The molecule has 0 saturated carbocycles. The number of rotatable bonds is 7. The van der Waals surface area contributed by atoms with Gasteiger partial charge in [0.25, 0.3) is 0 Å². The largest absolute Gasteiger partial charge is 0.491 e. The molecule has 1 heterocycles. The van der Waals surface area contributed by atoms with Gasteiger partial charge in [-0.2, -0.15) is 4.31 Å². The Hall–Kier alpha value is -2.38. The highest BCUT2D eigenvalue weighted by Gasteiger charge is 2.33. The lowest BCUT2D eigenvalue weighted by molar-refractivity contribution is -0.126. The van der Waals surface area contributed by atoms with Crippen LogP contribution in [-0.2, 0) is 14.8 Å². The molecule has 6 nitrogen and oxygen atoms in total. The lowest BCUT2D eigenvalue weighted by Crippen LogP contribution is -2.45. The van der Waals surface area contributed by atoms with E-state index in [4.69, 9.17) is 4.74 Å². The predicted octanol–water partition coefficient (Wildman–Crippen LogP) is 2.90. The van der Waals surface area contributed by atoms with Gasteiger partial charge in [-0.15, -0.1) is 0 Å². The van der Waals surface area contributed by atoms with E-state index in [1.54, 1.807) is 30.3 Å². The Morgan fingerprint density at radius 3 is 2.66 bits per heavy atom. The van der Waals surface area contributed by atoms with E-state index in [1.165, 1.54) is 4.31 Å². The molecular weight excluding hydrogens is 388 g/mol. The number of ether oxygens (including phenoxy) is 1. The number of nitrogens with zero attached hydrogens (tertiary/aromatic N) is 1. The Morgan fingerprint density at radius 2 is 1.90 bits per heavy atom. The first kappa shape index (κ1) is 21.3. The van der Waals surface area contributed by atoms with Crippen LogP contribution >= 0.6 is 0 Å². The molecule has 1 saturated heterocycles.